The van der Waals surface area contributed by atoms with Crippen LogP contribution in [0.25, 0.3) is 0 Å². The van der Waals surface area contributed by atoms with E-state index in [9.17, 15) is 12.8 Å². The van der Waals surface area contributed by atoms with Crippen molar-refractivity contribution in [3.05, 3.63) is 29.6 Å². The summed E-state index contributed by atoms with van der Waals surface area (Å²) in [7, 11) is -1.90. The zero-order valence-electron chi connectivity index (χ0n) is 13.9. The van der Waals surface area contributed by atoms with Gasteiger partial charge in [0.2, 0.25) is 10.0 Å². The third-order valence-corrected chi connectivity index (χ3v) is 6.06. The van der Waals surface area contributed by atoms with Gasteiger partial charge in [-0.2, -0.15) is 0 Å². The summed E-state index contributed by atoms with van der Waals surface area (Å²) >= 11 is 0. The topological polar surface area (TPSA) is 58.6 Å². The Bertz CT molecular complexity index is 628. The van der Waals surface area contributed by atoms with Crippen molar-refractivity contribution < 1.29 is 17.5 Å². The van der Waals surface area contributed by atoms with Crippen LogP contribution in [0.4, 0.5) is 10.1 Å². The first kappa shape index (κ1) is 18.2. The summed E-state index contributed by atoms with van der Waals surface area (Å²) < 4.78 is 46.0. The first-order valence-electron chi connectivity index (χ1n) is 7.84. The van der Waals surface area contributed by atoms with Crippen molar-refractivity contribution in [2.75, 3.05) is 31.7 Å². The van der Waals surface area contributed by atoms with E-state index in [4.69, 9.17) is 4.74 Å². The number of hydrogen-bond donors (Lipinski definition) is 1. The highest BCUT2D eigenvalue weighted by atomic mass is 32.2. The molecular weight excluding hydrogens is 319 g/mol. The third kappa shape index (κ3) is 4.65. The zero-order chi connectivity index (χ0) is 17.0. The number of anilines is 1. The number of methoxy groups -OCH3 is 1. The maximum atomic E-state index is 13.9. The van der Waals surface area contributed by atoms with Gasteiger partial charge in [0.25, 0.3) is 0 Å². The predicted octanol–water partition coefficient (Wildman–Crippen LogP) is 2.06. The van der Waals surface area contributed by atoms with Gasteiger partial charge in [-0.15, -0.1) is 0 Å². The molecule has 0 amide bonds. The average molecular weight is 344 g/mol. The Labute approximate surface area is 137 Å². The Balaban J connectivity index is 1.95. The second-order valence-corrected chi connectivity index (χ2v) is 8.28. The molecule has 0 aromatic heterocycles. The second kappa shape index (κ2) is 7.59. The second-order valence-electron chi connectivity index (χ2n) is 6.15. The molecule has 1 aliphatic heterocycles. The first-order valence-corrected chi connectivity index (χ1v) is 9.39. The van der Waals surface area contributed by atoms with Crippen LogP contribution in [0.5, 0.6) is 0 Å². The van der Waals surface area contributed by atoms with Gasteiger partial charge in [-0.3, -0.25) is 0 Å². The van der Waals surface area contributed by atoms with Crippen LogP contribution in [0.1, 0.15) is 25.3 Å². The highest BCUT2D eigenvalue weighted by Crippen LogP contribution is 2.24. The molecule has 0 spiro atoms. The molecule has 0 radical (unpaired) electrons. The molecule has 1 atom stereocenters. The standard InChI is InChI=1S/C16H25FN2O3S/c1-12-4-5-15(17)16(10-12)19-8-6-14(7-9-19)18-23(20,21)13(2)11-22-3/h4-5,10,13-14,18H,6-9,11H2,1-3H3/t13-/m0/s1. The number of nitrogens with one attached hydrogen (secondary N) is 1. The molecule has 0 bridgehead atoms. The van der Waals surface area contributed by atoms with E-state index >= 15 is 0 Å². The third-order valence-electron chi connectivity index (χ3n) is 4.20. The molecule has 1 saturated heterocycles. The van der Waals surface area contributed by atoms with E-state index in [0.29, 0.717) is 31.6 Å². The summed E-state index contributed by atoms with van der Waals surface area (Å²) in [6, 6.07) is 4.95. The number of halogens is 1. The molecule has 1 N–H and O–H groups in total. The smallest absolute Gasteiger partial charge is 0.216 e. The molecule has 5 nitrogen and oxygen atoms in total. The molecule has 0 aliphatic carbocycles. The van der Waals surface area contributed by atoms with E-state index in [2.05, 4.69) is 4.72 Å². The molecule has 23 heavy (non-hydrogen) atoms. The van der Waals surface area contributed by atoms with Gasteiger partial charge in [-0.05, 0) is 44.4 Å². The van der Waals surface area contributed by atoms with Crippen molar-refractivity contribution in [1.82, 2.24) is 4.72 Å². The Morgan fingerprint density at radius 3 is 2.65 bits per heavy atom. The van der Waals surface area contributed by atoms with E-state index < -0.39 is 15.3 Å². The Hall–Kier alpha value is -1.18. The van der Waals surface area contributed by atoms with Gasteiger partial charge in [-0.1, -0.05) is 6.07 Å². The van der Waals surface area contributed by atoms with E-state index in [-0.39, 0.29) is 18.5 Å². The van der Waals surface area contributed by atoms with Crippen molar-refractivity contribution in [2.45, 2.75) is 38.0 Å². The van der Waals surface area contributed by atoms with Gasteiger partial charge in [-0.25, -0.2) is 17.5 Å². The van der Waals surface area contributed by atoms with E-state index in [1.165, 1.54) is 13.2 Å². The molecule has 130 valence electrons. The lowest BCUT2D eigenvalue weighted by Crippen LogP contribution is -2.47. The summed E-state index contributed by atoms with van der Waals surface area (Å²) in [5.74, 6) is -0.233. The Morgan fingerprint density at radius 2 is 2.04 bits per heavy atom. The quantitative estimate of drug-likeness (QED) is 0.858. The molecule has 7 heteroatoms. The van der Waals surface area contributed by atoms with E-state index in [1.807, 2.05) is 17.9 Å². The van der Waals surface area contributed by atoms with Crippen LogP contribution in [0.3, 0.4) is 0 Å². The van der Waals surface area contributed by atoms with Crippen LogP contribution < -0.4 is 9.62 Å². The zero-order valence-corrected chi connectivity index (χ0v) is 14.7. The van der Waals surface area contributed by atoms with Gasteiger partial charge in [0, 0.05) is 26.2 Å². The largest absolute Gasteiger partial charge is 0.383 e. The van der Waals surface area contributed by atoms with Crippen LogP contribution in [-0.2, 0) is 14.8 Å². The van der Waals surface area contributed by atoms with Gasteiger partial charge >= 0.3 is 0 Å². The number of nitrogens with zero attached hydrogens (tertiary/aromatic N) is 1. The normalized spacial score (nSPS) is 18.2. The van der Waals surface area contributed by atoms with Crippen molar-refractivity contribution >= 4 is 15.7 Å². The number of sulfonamides is 1. The Kier molecular flexibility index (Phi) is 6.00. The lowest BCUT2D eigenvalue weighted by Gasteiger charge is -2.34. The molecule has 1 aliphatic rings. The summed E-state index contributed by atoms with van der Waals surface area (Å²) in [6.45, 7) is 4.99. The highest BCUT2D eigenvalue weighted by molar-refractivity contribution is 7.90. The number of hydrogen-bond acceptors (Lipinski definition) is 4. The van der Waals surface area contributed by atoms with Crippen molar-refractivity contribution in [3.8, 4) is 0 Å². The summed E-state index contributed by atoms with van der Waals surface area (Å²) in [6.07, 6.45) is 1.32. The summed E-state index contributed by atoms with van der Waals surface area (Å²) in [4.78, 5) is 1.98. The number of benzene rings is 1. The van der Waals surface area contributed by atoms with Gasteiger partial charge in [0.1, 0.15) is 5.82 Å². The number of piperidine rings is 1. The summed E-state index contributed by atoms with van der Waals surface area (Å²) in [5.41, 5.74) is 1.61. The molecular formula is C16H25FN2O3S. The molecule has 1 aromatic rings. The minimum atomic E-state index is -3.39. The number of rotatable bonds is 6. The maximum absolute atomic E-state index is 13.9. The lowest BCUT2D eigenvalue weighted by molar-refractivity contribution is 0.200. The number of aryl methyl sites for hydroxylation is 1. The van der Waals surface area contributed by atoms with Crippen molar-refractivity contribution in [2.24, 2.45) is 0 Å². The lowest BCUT2D eigenvalue weighted by atomic mass is 10.0. The highest BCUT2D eigenvalue weighted by Gasteiger charge is 2.28. The number of ether oxygens (including phenoxy) is 1. The van der Waals surface area contributed by atoms with Crippen LogP contribution in [0.2, 0.25) is 0 Å². The Morgan fingerprint density at radius 1 is 1.39 bits per heavy atom. The molecule has 0 unspecified atom stereocenters. The van der Waals surface area contributed by atoms with Gasteiger partial charge in [0.05, 0.1) is 17.5 Å². The minimum Gasteiger partial charge on any atom is -0.383 e. The van der Waals surface area contributed by atoms with Gasteiger partial charge in [0.15, 0.2) is 0 Å². The fraction of sp³-hybridized carbons (Fsp3) is 0.625. The fourth-order valence-electron chi connectivity index (χ4n) is 2.78. The SMILES string of the molecule is COC[C@H](C)S(=O)(=O)NC1CCN(c2cc(C)ccc2F)CC1. The molecule has 0 saturated carbocycles. The fourth-order valence-corrected chi connectivity index (χ4v) is 4.02. The van der Waals surface area contributed by atoms with E-state index in [0.717, 1.165) is 5.56 Å². The van der Waals surface area contributed by atoms with Crippen LogP contribution in [-0.4, -0.2) is 46.5 Å². The molecule has 1 fully saturated rings. The molecule has 1 heterocycles. The minimum absolute atomic E-state index is 0.108. The van der Waals surface area contributed by atoms with Crippen LogP contribution in [0.15, 0.2) is 18.2 Å². The summed E-state index contributed by atoms with van der Waals surface area (Å²) in [5, 5.41) is -0.584. The molecule has 1 aromatic carbocycles. The maximum Gasteiger partial charge on any atom is 0.216 e. The average Bonchev–Trinajstić information content (AvgIpc) is 2.50. The first-order chi connectivity index (χ1) is 10.8. The monoisotopic (exact) mass is 344 g/mol. The van der Waals surface area contributed by atoms with Crippen LogP contribution >= 0.6 is 0 Å². The van der Waals surface area contributed by atoms with Crippen molar-refractivity contribution in [3.63, 3.8) is 0 Å². The van der Waals surface area contributed by atoms with Crippen LogP contribution in [0, 0.1) is 12.7 Å². The predicted molar refractivity (Wildman–Crippen MR) is 89.8 cm³/mol. The van der Waals surface area contributed by atoms with E-state index in [1.54, 1.807) is 13.0 Å². The molecule has 2 rings (SSSR count). The van der Waals surface area contributed by atoms with Crippen molar-refractivity contribution in [1.29, 1.82) is 0 Å². The van der Waals surface area contributed by atoms with Gasteiger partial charge < -0.3 is 9.64 Å².